The lowest BCUT2D eigenvalue weighted by Gasteiger charge is -2.30. The molecule has 0 atom stereocenters. The van der Waals surface area contributed by atoms with Crippen molar-refractivity contribution in [3.05, 3.63) is 47.1 Å². The zero-order chi connectivity index (χ0) is 29.6. The molecule has 2 heterocycles. The van der Waals surface area contributed by atoms with E-state index >= 15 is 0 Å². The maximum atomic E-state index is 13.8. The maximum absolute atomic E-state index is 13.8. The summed E-state index contributed by atoms with van der Waals surface area (Å²) in [6, 6.07) is 12.1. The van der Waals surface area contributed by atoms with E-state index in [2.05, 4.69) is 28.0 Å². The number of hydrogen-bond donors (Lipinski definition) is 3. The van der Waals surface area contributed by atoms with E-state index in [4.69, 9.17) is 0 Å². The number of rotatable bonds is 8. The van der Waals surface area contributed by atoms with Crippen molar-refractivity contribution in [2.45, 2.75) is 62.5 Å². The van der Waals surface area contributed by atoms with Crippen molar-refractivity contribution in [3.63, 3.8) is 0 Å². The standard InChI is InChI=1S/C29H33N5O5S2/c1-18-10-14-34(15-11-18)27(36)23-24(40-26(32-23)25(35)31-17-28(2,3)37)21-8-9-22(20-7-5-4-6-19(20)21)41(38,39)33-29(16-30)12-13-29/h4-9,18,33,37H,10-15,17H2,1-3H3,(H,31,35). The van der Waals surface area contributed by atoms with Crippen molar-refractivity contribution >= 4 is 43.9 Å². The summed E-state index contributed by atoms with van der Waals surface area (Å²) in [7, 11) is -4.02. The van der Waals surface area contributed by atoms with Gasteiger partial charge in [0.25, 0.3) is 11.8 Å². The molecule has 1 aliphatic carbocycles. The lowest BCUT2D eigenvalue weighted by Crippen LogP contribution is -2.39. The third kappa shape index (κ3) is 6.13. The second kappa shape index (κ2) is 10.8. The molecule has 41 heavy (non-hydrogen) atoms. The molecule has 3 N–H and O–H groups in total. The van der Waals surface area contributed by atoms with Crippen LogP contribution in [0.15, 0.2) is 41.3 Å². The minimum absolute atomic E-state index is 0.000710. The number of sulfonamides is 1. The summed E-state index contributed by atoms with van der Waals surface area (Å²) in [4.78, 5) is 33.5. The molecule has 1 aromatic heterocycles. The summed E-state index contributed by atoms with van der Waals surface area (Å²) < 4.78 is 29.3. The van der Waals surface area contributed by atoms with Gasteiger partial charge in [0.2, 0.25) is 10.0 Å². The fourth-order valence-corrected chi connectivity index (χ4v) is 7.46. The Kier molecular flexibility index (Phi) is 7.67. The van der Waals surface area contributed by atoms with E-state index in [-0.39, 0.29) is 28.0 Å². The highest BCUT2D eigenvalue weighted by molar-refractivity contribution is 7.89. The van der Waals surface area contributed by atoms with Gasteiger partial charge in [-0.15, -0.1) is 11.3 Å². The van der Waals surface area contributed by atoms with E-state index in [9.17, 15) is 28.4 Å². The van der Waals surface area contributed by atoms with Crippen LogP contribution >= 0.6 is 11.3 Å². The van der Waals surface area contributed by atoms with E-state index in [1.807, 2.05) is 0 Å². The number of hydrogen-bond acceptors (Lipinski definition) is 8. The molecule has 0 bridgehead atoms. The molecule has 3 aromatic rings. The number of carbonyl (C=O) groups excluding carboxylic acids is 2. The van der Waals surface area contributed by atoms with Crippen LogP contribution in [-0.4, -0.2) is 66.0 Å². The van der Waals surface area contributed by atoms with Gasteiger partial charge in [0, 0.05) is 30.6 Å². The molecule has 1 aliphatic heterocycles. The lowest BCUT2D eigenvalue weighted by molar-refractivity contribution is 0.0685. The van der Waals surface area contributed by atoms with Crippen molar-refractivity contribution in [2.24, 2.45) is 5.92 Å². The number of amides is 2. The second-order valence-corrected chi connectivity index (χ2v) is 14.3. The molecule has 2 fully saturated rings. The number of likely N-dealkylation sites (tertiary alicyclic amines) is 1. The molecule has 10 nitrogen and oxygen atoms in total. The molecule has 5 rings (SSSR count). The molecule has 2 aliphatic rings. The third-order valence-electron chi connectivity index (χ3n) is 7.49. The first-order valence-electron chi connectivity index (χ1n) is 13.6. The molecule has 1 saturated heterocycles. The molecule has 0 unspecified atom stereocenters. The number of nitrogens with zero attached hydrogens (tertiary/aromatic N) is 3. The van der Waals surface area contributed by atoms with Crippen molar-refractivity contribution in [3.8, 4) is 16.5 Å². The minimum Gasteiger partial charge on any atom is -0.389 e. The van der Waals surface area contributed by atoms with E-state index in [0.717, 1.165) is 24.2 Å². The highest BCUT2D eigenvalue weighted by Gasteiger charge is 2.47. The van der Waals surface area contributed by atoms with Crippen LogP contribution in [0.3, 0.4) is 0 Å². The van der Waals surface area contributed by atoms with Gasteiger partial charge in [0.1, 0.15) is 11.2 Å². The molecular formula is C29H33N5O5S2. The van der Waals surface area contributed by atoms with Crippen molar-refractivity contribution < 1.29 is 23.1 Å². The Labute approximate surface area is 243 Å². The van der Waals surface area contributed by atoms with Gasteiger partial charge < -0.3 is 15.3 Å². The predicted molar refractivity (Wildman–Crippen MR) is 156 cm³/mol. The maximum Gasteiger partial charge on any atom is 0.280 e. The average Bonchev–Trinajstić information content (AvgIpc) is 3.56. The molecule has 216 valence electrons. The summed E-state index contributed by atoms with van der Waals surface area (Å²) in [6.45, 7) is 6.47. The predicted octanol–water partition coefficient (Wildman–Crippen LogP) is 3.67. The SMILES string of the molecule is CC1CCN(C(=O)c2nc(C(=O)NCC(C)(C)O)sc2-c2ccc(S(=O)(=O)NC3(C#N)CC3)c3ccccc23)CC1. The van der Waals surface area contributed by atoms with Gasteiger partial charge in [-0.3, -0.25) is 9.59 Å². The molecule has 1 saturated carbocycles. The summed E-state index contributed by atoms with van der Waals surface area (Å²) >= 11 is 1.06. The molecule has 2 aromatic carbocycles. The Balaban J connectivity index is 1.60. The highest BCUT2D eigenvalue weighted by atomic mass is 32.2. The number of fused-ring (bicyclic) bond motifs is 1. The highest BCUT2D eigenvalue weighted by Crippen LogP contribution is 2.40. The number of nitrogens with one attached hydrogen (secondary N) is 2. The Bertz CT molecular complexity index is 1660. The number of nitriles is 1. The molecule has 12 heteroatoms. The number of aliphatic hydroxyl groups is 1. The van der Waals surface area contributed by atoms with Gasteiger partial charge in [-0.05, 0) is 56.9 Å². The average molecular weight is 596 g/mol. The summed E-state index contributed by atoms with van der Waals surface area (Å²) in [6.07, 6.45) is 2.66. The van der Waals surface area contributed by atoms with E-state index < -0.39 is 27.1 Å². The van der Waals surface area contributed by atoms with Gasteiger partial charge in [-0.2, -0.15) is 9.98 Å². The largest absolute Gasteiger partial charge is 0.389 e. The van der Waals surface area contributed by atoms with Crippen LogP contribution < -0.4 is 10.0 Å². The number of aromatic nitrogens is 1. The van der Waals surface area contributed by atoms with Crippen LogP contribution in [0.4, 0.5) is 0 Å². The van der Waals surface area contributed by atoms with E-state index in [1.165, 1.54) is 6.07 Å². The van der Waals surface area contributed by atoms with Crippen molar-refractivity contribution in [1.82, 2.24) is 19.9 Å². The second-order valence-electron chi connectivity index (χ2n) is 11.6. The third-order valence-corrected chi connectivity index (χ3v) is 10.2. The Morgan fingerprint density at radius 3 is 2.44 bits per heavy atom. The normalized spacial score (nSPS) is 17.3. The summed E-state index contributed by atoms with van der Waals surface area (Å²) in [5, 5.41) is 23.3. The number of thiazole rings is 1. The summed E-state index contributed by atoms with van der Waals surface area (Å²) in [5.41, 5.74) is -1.49. The monoisotopic (exact) mass is 595 g/mol. The van der Waals surface area contributed by atoms with Crippen LogP contribution in [-0.2, 0) is 10.0 Å². The zero-order valence-corrected chi connectivity index (χ0v) is 24.9. The van der Waals surface area contributed by atoms with E-state index in [0.29, 0.717) is 53.1 Å². The lowest BCUT2D eigenvalue weighted by atomic mass is 9.98. The smallest absolute Gasteiger partial charge is 0.280 e. The van der Waals surface area contributed by atoms with Gasteiger partial charge in [0.15, 0.2) is 5.01 Å². The van der Waals surface area contributed by atoms with Crippen LogP contribution in [0.2, 0.25) is 0 Å². The molecular weight excluding hydrogens is 562 g/mol. The quantitative estimate of drug-likeness (QED) is 0.359. The van der Waals surface area contributed by atoms with Gasteiger partial charge in [-0.25, -0.2) is 13.4 Å². The molecule has 0 radical (unpaired) electrons. The molecule has 0 spiro atoms. The zero-order valence-electron chi connectivity index (χ0n) is 23.2. The van der Waals surface area contributed by atoms with E-state index in [1.54, 1.807) is 49.1 Å². The molecule has 2 amide bonds. The van der Waals surface area contributed by atoms with Crippen LogP contribution in [0.25, 0.3) is 21.2 Å². The van der Waals surface area contributed by atoms with Crippen molar-refractivity contribution in [2.75, 3.05) is 19.6 Å². The minimum atomic E-state index is -4.02. The van der Waals surface area contributed by atoms with Crippen molar-refractivity contribution in [1.29, 1.82) is 5.26 Å². The topological polar surface area (TPSA) is 152 Å². The Morgan fingerprint density at radius 1 is 1.17 bits per heavy atom. The first-order valence-corrected chi connectivity index (χ1v) is 15.9. The van der Waals surface area contributed by atoms with Gasteiger partial charge in [-0.1, -0.05) is 37.3 Å². The van der Waals surface area contributed by atoms with Crippen LogP contribution in [0, 0.1) is 17.2 Å². The number of benzene rings is 2. The number of piperidine rings is 1. The van der Waals surface area contributed by atoms with Gasteiger partial charge >= 0.3 is 0 Å². The van der Waals surface area contributed by atoms with Crippen LogP contribution in [0.5, 0.6) is 0 Å². The first-order chi connectivity index (χ1) is 19.3. The van der Waals surface area contributed by atoms with Crippen LogP contribution in [0.1, 0.15) is 66.7 Å². The van der Waals surface area contributed by atoms with Gasteiger partial charge in [0.05, 0.1) is 21.4 Å². The Morgan fingerprint density at radius 2 is 1.83 bits per heavy atom. The number of carbonyl (C=O) groups is 2. The first kappa shape index (κ1) is 29.1. The Hall–Kier alpha value is -3.37. The fourth-order valence-electron chi connectivity index (χ4n) is 4.86. The fraction of sp³-hybridized carbons (Fsp3) is 0.448. The summed E-state index contributed by atoms with van der Waals surface area (Å²) in [5.74, 6) is -0.277.